The van der Waals surface area contributed by atoms with Crippen LogP contribution in [-0.2, 0) is 14.1 Å². The highest BCUT2D eigenvalue weighted by atomic mass is 35.5. The molecule has 0 radical (unpaired) electrons. The minimum atomic E-state index is -0.115. The van der Waals surface area contributed by atoms with Gasteiger partial charge < -0.3 is 0 Å². The van der Waals surface area contributed by atoms with Crippen LogP contribution in [0.3, 0.4) is 0 Å². The molecule has 0 amide bonds. The van der Waals surface area contributed by atoms with Crippen molar-refractivity contribution < 1.29 is 4.79 Å². The Hall–Kier alpha value is -1.88. The highest BCUT2D eigenvalue weighted by molar-refractivity contribution is 6.31. The van der Waals surface area contributed by atoms with Crippen molar-refractivity contribution in [3.63, 3.8) is 0 Å². The molecule has 0 bridgehead atoms. The van der Waals surface area contributed by atoms with Crippen LogP contribution in [-0.4, -0.2) is 25.3 Å². The number of carbonyl (C=O) groups is 1. The largest absolute Gasteiger partial charge is 0.289 e. The van der Waals surface area contributed by atoms with Crippen molar-refractivity contribution in [3.8, 4) is 0 Å². The predicted molar refractivity (Wildman–Crippen MR) is 64.8 cm³/mol. The monoisotopic (exact) mass is 250 g/mol. The standard InChI is InChI=1S/C11H11ClN4O/c1-15-7-8(5-13-15)11(17)4-3-10-9(12)6-14-16(10)2/h3-7H,1-2H3/b4-3+. The van der Waals surface area contributed by atoms with Gasteiger partial charge in [0.25, 0.3) is 0 Å². The Bertz CT molecular complexity index is 563. The third-order valence-corrected chi connectivity index (χ3v) is 2.61. The van der Waals surface area contributed by atoms with Gasteiger partial charge in [0.1, 0.15) is 0 Å². The summed E-state index contributed by atoms with van der Waals surface area (Å²) in [6, 6.07) is 0. The van der Waals surface area contributed by atoms with E-state index < -0.39 is 0 Å². The molecule has 5 nitrogen and oxygen atoms in total. The van der Waals surface area contributed by atoms with E-state index >= 15 is 0 Å². The van der Waals surface area contributed by atoms with Crippen LogP contribution in [0.4, 0.5) is 0 Å². The minimum absolute atomic E-state index is 0.115. The molecule has 0 aliphatic rings. The minimum Gasteiger partial charge on any atom is -0.289 e. The number of rotatable bonds is 3. The Morgan fingerprint density at radius 3 is 2.65 bits per heavy atom. The van der Waals surface area contributed by atoms with E-state index in [9.17, 15) is 4.79 Å². The molecule has 17 heavy (non-hydrogen) atoms. The van der Waals surface area contributed by atoms with Crippen molar-refractivity contribution in [2.45, 2.75) is 0 Å². The van der Waals surface area contributed by atoms with Crippen LogP contribution in [0.2, 0.25) is 5.02 Å². The molecule has 0 saturated heterocycles. The fraction of sp³-hybridized carbons (Fsp3) is 0.182. The third kappa shape index (κ3) is 2.45. The Morgan fingerprint density at radius 2 is 2.12 bits per heavy atom. The first-order chi connectivity index (χ1) is 8.08. The number of hydrogen-bond donors (Lipinski definition) is 0. The van der Waals surface area contributed by atoms with Crippen LogP contribution in [0.25, 0.3) is 6.08 Å². The molecule has 88 valence electrons. The van der Waals surface area contributed by atoms with Gasteiger partial charge in [0, 0.05) is 20.3 Å². The normalized spacial score (nSPS) is 11.2. The van der Waals surface area contributed by atoms with Crippen molar-refractivity contribution in [3.05, 3.63) is 40.9 Å². The average molecular weight is 251 g/mol. The van der Waals surface area contributed by atoms with Crippen molar-refractivity contribution in [1.82, 2.24) is 19.6 Å². The van der Waals surface area contributed by atoms with E-state index in [1.807, 2.05) is 0 Å². The van der Waals surface area contributed by atoms with Gasteiger partial charge in [-0.3, -0.25) is 14.2 Å². The second-order valence-electron chi connectivity index (χ2n) is 3.60. The Balaban J connectivity index is 2.19. The number of ketones is 1. The van der Waals surface area contributed by atoms with Gasteiger partial charge in [-0.1, -0.05) is 11.6 Å². The zero-order valence-corrected chi connectivity index (χ0v) is 10.2. The first kappa shape index (κ1) is 11.6. The van der Waals surface area contributed by atoms with E-state index in [0.717, 1.165) is 0 Å². The molecule has 0 N–H and O–H groups in total. The van der Waals surface area contributed by atoms with E-state index in [0.29, 0.717) is 16.3 Å². The summed E-state index contributed by atoms with van der Waals surface area (Å²) in [7, 11) is 3.53. The van der Waals surface area contributed by atoms with E-state index in [2.05, 4.69) is 10.2 Å². The predicted octanol–water partition coefficient (Wildman–Crippen LogP) is 1.70. The SMILES string of the molecule is Cn1cc(C(=O)/C=C/c2c(Cl)cnn2C)cn1. The van der Waals surface area contributed by atoms with E-state index in [-0.39, 0.29) is 5.78 Å². The van der Waals surface area contributed by atoms with Crippen LogP contribution < -0.4 is 0 Å². The lowest BCUT2D eigenvalue weighted by Crippen LogP contribution is -1.95. The topological polar surface area (TPSA) is 52.7 Å². The van der Waals surface area contributed by atoms with Crippen molar-refractivity contribution >= 4 is 23.5 Å². The van der Waals surface area contributed by atoms with E-state index in [1.165, 1.54) is 18.5 Å². The van der Waals surface area contributed by atoms with Gasteiger partial charge in [-0.25, -0.2) is 0 Å². The molecule has 2 aromatic rings. The molecule has 0 atom stereocenters. The van der Waals surface area contributed by atoms with E-state index in [1.54, 1.807) is 35.7 Å². The maximum Gasteiger partial charge on any atom is 0.189 e. The zero-order chi connectivity index (χ0) is 12.4. The van der Waals surface area contributed by atoms with Gasteiger partial charge >= 0.3 is 0 Å². The molecule has 2 heterocycles. The number of nitrogens with zero attached hydrogens (tertiary/aromatic N) is 4. The zero-order valence-electron chi connectivity index (χ0n) is 9.46. The van der Waals surface area contributed by atoms with E-state index in [4.69, 9.17) is 11.6 Å². The van der Waals surface area contributed by atoms with Crippen molar-refractivity contribution in [2.24, 2.45) is 14.1 Å². The molecule has 0 aliphatic carbocycles. The number of hydrogen-bond acceptors (Lipinski definition) is 3. The first-order valence-corrected chi connectivity index (χ1v) is 5.34. The van der Waals surface area contributed by atoms with Gasteiger partial charge in [0.05, 0.1) is 28.7 Å². The number of carbonyl (C=O) groups excluding carboxylic acids is 1. The fourth-order valence-electron chi connectivity index (χ4n) is 1.41. The quantitative estimate of drug-likeness (QED) is 0.616. The molecule has 0 spiro atoms. The van der Waals surface area contributed by atoms with Gasteiger partial charge in [-0.15, -0.1) is 0 Å². The lowest BCUT2D eigenvalue weighted by Gasteiger charge is -1.94. The lowest BCUT2D eigenvalue weighted by atomic mass is 10.2. The number of allylic oxidation sites excluding steroid dienone is 1. The summed E-state index contributed by atoms with van der Waals surface area (Å²) in [5.74, 6) is -0.115. The number of halogens is 1. The smallest absolute Gasteiger partial charge is 0.189 e. The molecule has 6 heteroatoms. The van der Waals surface area contributed by atoms with Crippen LogP contribution in [0.5, 0.6) is 0 Å². The molecule has 0 unspecified atom stereocenters. The van der Waals surface area contributed by atoms with Crippen LogP contribution in [0, 0.1) is 0 Å². The third-order valence-electron chi connectivity index (χ3n) is 2.32. The highest BCUT2D eigenvalue weighted by Gasteiger charge is 2.06. The van der Waals surface area contributed by atoms with Gasteiger partial charge in [-0.2, -0.15) is 10.2 Å². The highest BCUT2D eigenvalue weighted by Crippen LogP contribution is 2.15. The van der Waals surface area contributed by atoms with Gasteiger partial charge in [0.15, 0.2) is 5.78 Å². The molecule has 2 rings (SSSR count). The molecular formula is C11H11ClN4O. The Labute approximate surface area is 103 Å². The second kappa shape index (κ2) is 4.55. The van der Waals surface area contributed by atoms with Gasteiger partial charge in [-0.05, 0) is 12.2 Å². The number of aromatic nitrogens is 4. The molecule has 2 aromatic heterocycles. The maximum absolute atomic E-state index is 11.8. The summed E-state index contributed by atoms with van der Waals surface area (Å²) in [4.78, 5) is 11.8. The summed E-state index contributed by atoms with van der Waals surface area (Å²) >= 11 is 5.92. The van der Waals surface area contributed by atoms with Crippen LogP contribution >= 0.6 is 11.6 Å². The molecular weight excluding hydrogens is 240 g/mol. The summed E-state index contributed by atoms with van der Waals surface area (Å²) in [6.07, 6.45) is 7.83. The molecule has 0 saturated carbocycles. The number of aryl methyl sites for hydroxylation is 2. The molecule has 0 aliphatic heterocycles. The molecule has 0 fully saturated rings. The average Bonchev–Trinajstić information content (AvgIpc) is 2.84. The summed E-state index contributed by atoms with van der Waals surface area (Å²) in [5.41, 5.74) is 1.24. The van der Waals surface area contributed by atoms with Crippen LogP contribution in [0.15, 0.2) is 24.7 Å². The summed E-state index contributed by atoms with van der Waals surface area (Å²) in [5, 5.41) is 8.43. The Kier molecular flexibility index (Phi) is 3.10. The lowest BCUT2D eigenvalue weighted by molar-refractivity contribution is 0.104. The summed E-state index contributed by atoms with van der Waals surface area (Å²) < 4.78 is 3.19. The second-order valence-corrected chi connectivity index (χ2v) is 4.01. The first-order valence-electron chi connectivity index (χ1n) is 4.96. The van der Waals surface area contributed by atoms with Crippen molar-refractivity contribution in [1.29, 1.82) is 0 Å². The van der Waals surface area contributed by atoms with Gasteiger partial charge in [0.2, 0.25) is 0 Å². The summed E-state index contributed by atoms with van der Waals surface area (Å²) in [6.45, 7) is 0. The van der Waals surface area contributed by atoms with Crippen LogP contribution in [0.1, 0.15) is 16.1 Å². The van der Waals surface area contributed by atoms with Crippen molar-refractivity contribution in [2.75, 3.05) is 0 Å². The Morgan fingerprint density at radius 1 is 1.35 bits per heavy atom. The maximum atomic E-state index is 11.8. The fourth-order valence-corrected chi connectivity index (χ4v) is 1.64. The molecule has 0 aromatic carbocycles.